The zero-order valence-electron chi connectivity index (χ0n) is 18.1. The average Bonchev–Trinajstić information content (AvgIpc) is 2.79. The maximum atomic E-state index is 13.3. The van der Waals surface area contributed by atoms with E-state index in [2.05, 4.69) is 5.32 Å². The Morgan fingerprint density at radius 2 is 1.53 bits per heavy atom. The molecule has 4 nitrogen and oxygen atoms in total. The molecule has 0 spiro atoms. The molecule has 1 aliphatic carbocycles. The number of aryl methyl sites for hydroxylation is 1. The quantitative estimate of drug-likeness (QED) is 0.645. The van der Waals surface area contributed by atoms with Crippen molar-refractivity contribution in [2.75, 3.05) is 0 Å². The summed E-state index contributed by atoms with van der Waals surface area (Å²) in [5.74, 6) is 0.0294. The lowest BCUT2D eigenvalue weighted by Crippen LogP contribution is -2.51. The van der Waals surface area contributed by atoms with Gasteiger partial charge in [0.1, 0.15) is 6.04 Å². The van der Waals surface area contributed by atoms with Crippen molar-refractivity contribution in [2.24, 2.45) is 0 Å². The Morgan fingerprint density at radius 1 is 0.933 bits per heavy atom. The lowest BCUT2D eigenvalue weighted by molar-refractivity contribution is -0.141. The Hall–Kier alpha value is -2.62. The molecule has 0 aromatic heterocycles. The molecule has 3 rings (SSSR count). The van der Waals surface area contributed by atoms with E-state index in [-0.39, 0.29) is 17.9 Å². The molecule has 2 aromatic rings. The highest BCUT2D eigenvalue weighted by molar-refractivity contribution is 5.88. The van der Waals surface area contributed by atoms with Crippen molar-refractivity contribution < 1.29 is 9.59 Å². The molecule has 1 atom stereocenters. The molecule has 1 fully saturated rings. The van der Waals surface area contributed by atoms with Gasteiger partial charge in [-0.15, -0.1) is 0 Å². The number of nitrogens with one attached hydrogen (secondary N) is 1. The Kier molecular flexibility index (Phi) is 8.49. The summed E-state index contributed by atoms with van der Waals surface area (Å²) in [6.45, 7) is 2.46. The van der Waals surface area contributed by atoms with Crippen LogP contribution in [0, 0.1) is 0 Å². The van der Waals surface area contributed by atoms with Crippen molar-refractivity contribution in [3.05, 3.63) is 71.8 Å². The molecule has 1 N–H and O–H groups in total. The third-order valence-electron chi connectivity index (χ3n) is 6.00. The Labute approximate surface area is 180 Å². The van der Waals surface area contributed by atoms with Gasteiger partial charge in [-0.3, -0.25) is 9.59 Å². The van der Waals surface area contributed by atoms with E-state index < -0.39 is 6.04 Å². The molecule has 2 aromatic carbocycles. The molecule has 0 aliphatic heterocycles. The Morgan fingerprint density at radius 3 is 2.13 bits per heavy atom. The summed E-state index contributed by atoms with van der Waals surface area (Å²) >= 11 is 0. The van der Waals surface area contributed by atoms with Crippen LogP contribution in [-0.4, -0.2) is 28.8 Å². The summed E-state index contributed by atoms with van der Waals surface area (Å²) in [6.07, 6.45) is 7.39. The van der Waals surface area contributed by atoms with Gasteiger partial charge in [0.15, 0.2) is 0 Å². The van der Waals surface area contributed by atoms with Crippen LogP contribution < -0.4 is 5.32 Å². The first-order valence-corrected chi connectivity index (χ1v) is 11.3. The maximum Gasteiger partial charge on any atom is 0.243 e. The second kappa shape index (κ2) is 11.5. The number of rotatable bonds is 9. The molecule has 160 valence electrons. The standard InChI is InChI=1S/C26H34N2O2/c1-2-24(26(30)27-23-16-10-5-11-17-23)28(20-22-14-8-4-9-15-22)25(29)19-18-21-12-6-3-7-13-21/h3-4,6-9,12-15,23-24H,2,5,10-11,16-20H2,1H3,(H,27,30)/t24-/m0/s1. The summed E-state index contributed by atoms with van der Waals surface area (Å²) in [5, 5.41) is 3.23. The normalized spacial score (nSPS) is 15.4. The molecule has 1 aliphatic rings. The van der Waals surface area contributed by atoms with Crippen LogP contribution in [0.15, 0.2) is 60.7 Å². The molecule has 0 unspecified atom stereocenters. The van der Waals surface area contributed by atoms with Crippen LogP contribution >= 0.6 is 0 Å². The third-order valence-corrected chi connectivity index (χ3v) is 6.00. The van der Waals surface area contributed by atoms with Crippen LogP contribution in [0.2, 0.25) is 0 Å². The lowest BCUT2D eigenvalue weighted by Gasteiger charge is -2.33. The predicted molar refractivity (Wildman–Crippen MR) is 121 cm³/mol. The van der Waals surface area contributed by atoms with Gasteiger partial charge in [0.2, 0.25) is 11.8 Å². The van der Waals surface area contributed by atoms with E-state index in [9.17, 15) is 9.59 Å². The highest BCUT2D eigenvalue weighted by atomic mass is 16.2. The fraction of sp³-hybridized carbons (Fsp3) is 0.462. The van der Waals surface area contributed by atoms with Gasteiger partial charge >= 0.3 is 0 Å². The molecular weight excluding hydrogens is 372 g/mol. The minimum absolute atomic E-state index is 0.00612. The zero-order valence-corrected chi connectivity index (χ0v) is 18.1. The first-order valence-electron chi connectivity index (χ1n) is 11.3. The first-order chi connectivity index (χ1) is 14.7. The van der Waals surface area contributed by atoms with Gasteiger partial charge in [0.25, 0.3) is 0 Å². The number of hydrogen-bond donors (Lipinski definition) is 1. The van der Waals surface area contributed by atoms with Gasteiger partial charge in [0.05, 0.1) is 0 Å². The average molecular weight is 407 g/mol. The molecular formula is C26H34N2O2. The van der Waals surface area contributed by atoms with Crippen molar-refractivity contribution >= 4 is 11.8 Å². The molecule has 2 amide bonds. The number of nitrogens with zero attached hydrogens (tertiary/aromatic N) is 1. The van der Waals surface area contributed by atoms with Crippen molar-refractivity contribution in [1.82, 2.24) is 10.2 Å². The van der Waals surface area contributed by atoms with E-state index in [0.717, 1.165) is 24.0 Å². The third kappa shape index (κ3) is 6.45. The van der Waals surface area contributed by atoms with Gasteiger partial charge in [-0.2, -0.15) is 0 Å². The SMILES string of the molecule is CC[C@@H](C(=O)NC1CCCCC1)N(Cc1ccccc1)C(=O)CCc1ccccc1. The predicted octanol–water partition coefficient (Wildman–Crippen LogP) is 4.88. The van der Waals surface area contributed by atoms with Crippen LogP contribution in [0.4, 0.5) is 0 Å². The van der Waals surface area contributed by atoms with Crippen LogP contribution in [0.25, 0.3) is 0 Å². The molecule has 0 bridgehead atoms. The lowest BCUT2D eigenvalue weighted by atomic mass is 9.95. The second-order valence-electron chi connectivity index (χ2n) is 8.26. The van der Waals surface area contributed by atoms with E-state index in [1.807, 2.05) is 67.6 Å². The van der Waals surface area contributed by atoms with Gasteiger partial charge in [0, 0.05) is 19.0 Å². The molecule has 30 heavy (non-hydrogen) atoms. The monoisotopic (exact) mass is 406 g/mol. The summed E-state index contributed by atoms with van der Waals surface area (Å²) < 4.78 is 0. The fourth-order valence-corrected chi connectivity index (χ4v) is 4.28. The summed E-state index contributed by atoms with van der Waals surface area (Å²) in [6, 6.07) is 19.8. The largest absolute Gasteiger partial charge is 0.352 e. The number of hydrogen-bond acceptors (Lipinski definition) is 2. The van der Waals surface area contributed by atoms with E-state index in [1.54, 1.807) is 4.90 Å². The topological polar surface area (TPSA) is 49.4 Å². The maximum absolute atomic E-state index is 13.3. The molecule has 0 heterocycles. The first kappa shape index (κ1) is 22.1. The minimum atomic E-state index is -0.435. The van der Waals surface area contributed by atoms with E-state index in [1.165, 1.54) is 19.3 Å². The van der Waals surface area contributed by atoms with E-state index >= 15 is 0 Å². The highest BCUT2D eigenvalue weighted by Crippen LogP contribution is 2.19. The van der Waals surface area contributed by atoms with Crippen molar-refractivity contribution in [3.63, 3.8) is 0 Å². The van der Waals surface area contributed by atoms with Crippen molar-refractivity contribution in [1.29, 1.82) is 0 Å². The van der Waals surface area contributed by atoms with Crippen LogP contribution in [0.5, 0.6) is 0 Å². The molecule has 0 saturated heterocycles. The van der Waals surface area contributed by atoms with Crippen molar-refractivity contribution in [2.45, 2.75) is 76.9 Å². The van der Waals surface area contributed by atoms with Crippen LogP contribution in [0.3, 0.4) is 0 Å². The fourth-order valence-electron chi connectivity index (χ4n) is 4.28. The number of carbonyl (C=O) groups excluding carboxylic acids is 2. The number of carbonyl (C=O) groups is 2. The second-order valence-corrected chi connectivity index (χ2v) is 8.26. The van der Waals surface area contributed by atoms with Gasteiger partial charge < -0.3 is 10.2 Å². The van der Waals surface area contributed by atoms with Gasteiger partial charge in [-0.1, -0.05) is 86.8 Å². The van der Waals surface area contributed by atoms with Crippen LogP contribution in [-0.2, 0) is 22.6 Å². The van der Waals surface area contributed by atoms with Crippen molar-refractivity contribution in [3.8, 4) is 0 Å². The summed E-state index contributed by atoms with van der Waals surface area (Å²) in [4.78, 5) is 28.2. The molecule has 0 radical (unpaired) electrons. The zero-order chi connectivity index (χ0) is 21.2. The highest BCUT2D eigenvalue weighted by Gasteiger charge is 2.30. The summed E-state index contributed by atoms with van der Waals surface area (Å²) in [5.41, 5.74) is 2.19. The van der Waals surface area contributed by atoms with Gasteiger partial charge in [-0.25, -0.2) is 0 Å². The van der Waals surface area contributed by atoms with Crippen LogP contribution in [0.1, 0.15) is 63.0 Å². The smallest absolute Gasteiger partial charge is 0.243 e. The molecule has 4 heteroatoms. The Balaban J connectivity index is 1.72. The minimum Gasteiger partial charge on any atom is -0.352 e. The van der Waals surface area contributed by atoms with Gasteiger partial charge in [-0.05, 0) is 36.8 Å². The number of benzene rings is 2. The Bertz CT molecular complexity index is 785. The summed E-state index contributed by atoms with van der Waals surface area (Å²) in [7, 11) is 0. The number of amides is 2. The van der Waals surface area contributed by atoms with E-state index in [0.29, 0.717) is 25.8 Å². The molecule has 1 saturated carbocycles. The van der Waals surface area contributed by atoms with E-state index in [4.69, 9.17) is 0 Å².